The first-order valence-corrected chi connectivity index (χ1v) is 34.1. The van der Waals surface area contributed by atoms with Crippen molar-refractivity contribution in [2.24, 2.45) is 0 Å². The number of carbonyl (C=O) groups is 8. The fourth-order valence-electron chi connectivity index (χ4n) is 5.98. The summed E-state index contributed by atoms with van der Waals surface area (Å²) in [4.78, 5) is 113. The molecule has 4 radical (unpaired) electrons. The number of hydrogen-bond acceptors (Lipinski definition) is 24. The van der Waals surface area contributed by atoms with E-state index in [-0.39, 0.29) is 67.1 Å². The molecule has 24 nitrogen and oxygen atoms in total. The topological polar surface area (TPSA) is 424 Å². The standard InChI is InChI=1S/2C14H10N4.C6H6.8C5H2F6O2.4Co/c2*1-3-7-15-11(5-1)13-9-14(18-10-17-13)12-6-2-4-8-16-12;1-2-4-6-5-3-1;8*6-4(7,8)2(12)1-3(13)5(9,10)11;;;;/h2*1-10H;1-6H;8*1,12H;;;;/q;;;;;;;;;;;4*+2/p-8/b;;;8*2-1-;;;;. The van der Waals surface area contributed by atoms with Crippen LogP contribution in [0.25, 0.3) is 45.6 Å². The van der Waals surface area contributed by atoms with E-state index in [1.54, 1.807) is 24.8 Å². The molecule has 76 heteroatoms. The van der Waals surface area contributed by atoms with Gasteiger partial charge in [0.1, 0.15) is 12.7 Å². The number of hydrogen-bond donors (Lipinski definition) is 0. The van der Waals surface area contributed by atoms with Gasteiger partial charge in [-0.15, -0.1) is 0 Å². The number of ketones is 8. The number of aromatic nitrogens is 8. The zero-order chi connectivity index (χ0) is 116. The molecular weight excluding hydrogens is 2400 g/mol. The molecule has 0 saturated carbocycles. The molecular formula is C74H34Co4F48N8O16. The molecule has 7 aromatic rings. The zero-order valence-corrected chi connectivity index (χ0v) is 73.4. The molecule has 7 rings (SSSR count). The van der Waals surface area contributed by atoms with Crippen molar-refractivity contribution in [3.63, 3.8) is 0 Å². The van der Waals surface area contributed by atoms with Crippen LogP contribution in [0.2, 0.25) is 0 Å². The monoisotopic (exact) mass is 2440 g/mol. The first kappa shape index (κ1) is 152. The first-order valence-electron chi connectivity index (χ1n) is 34.1. The summed E-state index contributed by atoms with van der Waals surface area (Å²) in [6, 6.07) is 38.7. The van der Waals surface area contributed by atoms with Crippen molar-refractivity contribution in [2.45, 2.75) is 98.8 Å². The summed E-state index contributed by atoms with van der Waals surface area (Å²) in [5.41, 5.74) is 6.51. The van der Waals surface area contributed by atoms with Crippen molar-refractivity contribution in [3.05, 3.63) is 253 Å². The maximum atomic E-state index is 11.3. The van der Waals surface area contributed by atoms with Crippen molar-refractivity contribution in [2.75, 3.05) is 0 Å². The van der Waals surface area contributed by atoms with E-state index in [2.05, 4.69) is 39.9 Å². The van der Waals surface area contributed by atoms with E-state index >= 15 is 0 Å². The molecule has 1 aromatic carbocycles. The normalized spacial score (nSPS) is 12.8. The van der Waals surface area contributed by atoms with Gasteiger partial charge in [-0.2, -0.15) is 211 Å². The van der Waals surface area contributed by atoms with Crippen LogP contribution in [0.3, 0.4) is 0 Å². The van der Waals surface area contributed by atoms with E-state index < -0.39 is 240 Å². The number of rotatable bonds is 12. The van der Waals surface area contributed by atoms with Gasteiger partial charge < -0.3 is 40.9 Å². The summed E-state index contributed by atoms with van der Waals surface area (Å²) in [6.07, 6.45) is -85.5. The minimum absolute atomic E-state index is 0. The van der Waals surface area contributed by atoms with Crippen LogP contribution >= 0.6 is 0 Å². The molecule has 0 bridgehead atoms. The molecule has 0 atom stereocenters. The van der Waals surface area contributed by atoms with Crippen molar-refractivity contribution in [3.8, 4) is 45.6 Å². The molecule has 0 fully saturated rings. The molecule has 0 unspecified atom stereocenters. The summed E-state index contributed by atoms with van der Waals surface area (Å²) in [6.45, 7) is 0. The van der Waals surface area contributed by atoms with Crippen LogP contribution in [0.15, 0.2) is 253 Å². The third kappa shape index (κ3) is 67.3. The van der Waals surface area contributed by atoms with Crippen molar-refractivity contribution in [1.82, 2.24) is 39.9 Å². The van der Waals surface area contributed by atoms with Gasteiger partial charge in [-0.25, -0.2) is 19.9 Å². The number of pyridine rings is 4. The van der Waals surface area contributed by atoms with Crippen LogP contribution in [0.5, 0.6) is 0 Å². The van der Waals surface area contributed by atoms with Crippen molar-refractivity contribution in [1.29, 1.82) is 0 Å². The predicted molar refractivity (Wildman–Crippen MR) is 365 cm³/mol. The molecule has 0 saturated heterocycles. The molecule has 0 N–H and O–H groups in total. The van der Waals surface area contributed by atoms with Gasteiger partial charge >= 0.3 is 166 Å². The quantitative estimate of drug-likeness (QED) is 0.0623. The minimum atomic E-state index is -5.46. The Hall–Kier alpha value is -13.7. The van der Waals surface area contributed by atoms with E-state index in [1.165, 1.54) is 12.7 Å². The SMILES string of the molecule is O=C(/C=C(\[O-])C(F)(F)F)C(F)(F)F.O=C(/C=C(\[O-])C(F)(F)F)C(F)(F)F.O=C(/C=C(\[O-])C(F)(F)F)C(F)(F)F.O=C(/C=C(\[O-])C(F)(F)F)C(F)(F)F.O=C(/C=C(\[O-])C(F)(F)F)C(F)(F)F.O=C(/C=C(\[O-])C(F)(F)F)C(F)(F)F.O=C(/C=C(\[O-])C(F)(F)F)C(F)(F)F.O=C(/C=C(\[O-])C(F)(F)F)C(F)(F)F.[Co+2].[Co+2].[Co+2].[Co+2].c1ccc(-c2cc(-c3ccccn3)ncn2)nc1.c1ccc(-c2cc(-c3ccccn3)ncn2)nc1.c1ccccc1. The Labute approximate surface area is 838 Å². The number of alkyl halides is 48. The van der Waals surface area contributed by atoms with Gasteiger partial charge in [0.15, 0.2) is 0 Å². The van der Waals surface area contributed by atoms with Crippen molar-refractivity contribution < 1.29 is 357 Å². The first-order chi connectivity index (χ1) is 65.3. The molecule has 6 heterocycles. The number of benzene rings is 1. The summed E-state index contributed by atoms with van der Waals surface area (Å²) in [5, 5.41) is 78.6. The summed E-state index contributed by atoms with van der Waals surface area (Å²) >= 11 is 0. The van der Waals surface area contributed by atoms with Gasteiger partial charge in [0.2, 0.25) is 0 Å². The van der Waals surface area contributed by atoms with Gasteiger partial charge in [-0.05, 0) is 155 Å². The Balaban J connectivity index is -0.000000247. The molecule has 838 valence electrons. The van der Waals surface area contributed by atoms with Gasteiger partial charge in [0.05, 0.1) is 45.6 Å². The molecule has 0 aliphatic rings. The molecule has 0 aliphatic carbocycles. The largest absolute Gasteiger partial charge is 2.00 e. The number of carbonyl (C=O) groups excluding carboxylic acids is 8. The van der Waals surface area contributed by atoms with Crippen LogP contribution < -0.4 is 40.9 Å². The molecule has 0 aliphatic heterocycles. The van der Waals surface area contributed by atoms with E-state index in [0.717, 1.165) is 45.6 Å². The van der Waals surface area contributed by atoms with E-state index in [1.807, 2.05) is 121 Å². The summed E-state index contributed by atoms with van der Waals surface area (Å²) in [5.74, 6) is -45.2. The summed E-state index contributed by atoms with van der Waals surface area (Å²) in [7, 11) is 0. The van der Waals surface area contributed by atoms with Crippen LogP contribution in [0.4, 0.5) is 211 Å². The van der Waals surface area contributed by atoms with Gasteiger partial charge in [0.25, 0.3) is 46.3 Å². The van der Waals surface area contributed by atoms with Crippen LogP contribution in [0.1, 0.15) is 0 Å². The maximum Gasteiger partial charge on any atom is 2.00 e. The Kier molecular flexibility index (Phi) is 64.0. The maximum absolute atomic E-state index is 11.3. The number of halogens is 48. The fourth-order valence-corrected chi connectivity index (χ4v) is 5.98. The van der Waals surface area contributed by atoms with Crippen LogP contribution in [0, 0.1) is 0 Å². The fraction of sp³-hybridized carbons (Fsp3) is 0.216. The second-order valence-electron chi connectivity index (χ2n) is 23.5. The number of nitrogens with zero attached hydrogens (tertiary/aromatic N) is 8. The minimum Gasteiger partial charge on any atom is -0.869 e. The average molecular weight is 2440 g/mol. The van der Waals surface area contributed by atoms with Crippen LogP contribution in [-0.4, -0.2) is 185 Å². The molecule has 0 spiro atoms. The third-order valence-electron chi connectivity index (χ3n) is 12.3. The van der Waals surface area contributed by atoms with Crippen LogP contribution in [-0.2, 0) is 105 Å². The molecule has 0 amide bonds. The zero-order valence-electron chi connectivity index (χ0n) is 69.2. The second kappa shape index (κ2) is 63.3. The van der Waals surface area contributed by atoms with Gasteiger partial charge in [-0.1, -0.05) is 60.7 Å². The van der Waals surface area contributed by atoms with E-state index in [0.29, 0.717) is 0 Å². The Bertz CT molecular complexity index is 4740. The predicted octanol–water partition coefficient (Wildman–Crippen LogP) is 14.3. The third-order valence-corrected chi connectivity index (χ3v) is 12.3. The summed E-state index contributed by atoms with van der Waals surface area (Å²) < 4.78 is 542. The van der Waals surface area contributed by atoms with Gasteiger partial charge in [-0.3, -0.25) is 58.3 Å². The van der Waals surface area contributed by atoms with Gasteiger partial charge in [0, 0.05) is 24.8 Å². The van der Waals surface area contributed by atoms with E-state index in [9.17, 15) is 290 Å². The molecule has 150 heavy (non-hydrogen) atoms. The Morgan fingerprint density at radius 3 is 0.347 bits per heavy atom. The molecule has 6 aromatic heterocycles. The smallest absolute Gasteiger partial charge is 0.869 e. The average Bonchev–Trinajstić information content (AvgIpc) is 0.835. The Morgan fingerprint density at radius 2 is 0.267 bits per heavy atom. The van der Waals surface area contributed by atoms with E-state index in [4.69, 9.17) is 0 Å². The number of allylic oxidation sites excluding steroid dienone is 16. The van der Waals surface area contributed by atoms with Crippen molar-refractivity contribution >= 4 is 46.3 Å². The Morgan fingerprint density at radius 1 is 0.160 bits per heavy atom. The second-order valence-corrected chi connectivity index (χ2v) is 23.5.